The van der Waals surface area contributed by atoms with Gasteiger partial charge in [-0.3, -0.25) is 4.79 Å². The van der Waals surface area contributed by atoms with E-state index >= 15 is 0 Å². The number of nitrogens with one attached hydrogen (secondary N) is 1. The first-order chi connectivity index (χ1) is 13.6. The maximum Gasteiger partial charge on any atom is 0.220 e. The molecule has 1 amide bonds. The van der Waals surface area contributed by atoms with Crippen LogP contribution in [0.1, 0.15) is 29.5 Å². The molecule has 0 unspecified atom stereocenters. The van der Waals surface area contributed by atoms with Crippen molar-refractivity contribution in [1.82, 2.24) is 20.1 Å². The zero-order valence-corrected chi connectivity index (χ0v) is 16.5. The van der Waals surface area contributed by atoms with E-state index in [4.69, 9.17) is 16.3 Å². The Hall–Kier alpha value is -2.86. The molecule has 0 bridgehead atoms. The first-order valence-corrected chi connectivity index (χ1v) is 9.54. The van der Waals surface area contributed by atoms with Crippen LogP contribution < -0.4 is 10.1 Å². The second kappa shape index (κ2) is 9.90. The summed E-state index contributed by atoms with van der Waals surface area (Å²) in [6.45, 7) is 3.55. The molecule has 0 saturated heterocycles. The number of ether oxygens (including phenoxy) is 1. The number of carbonyl (C=O) groups is 1. The lowest BCUT2D eigenvalue weighted by Crippen LogP contribution is -2.23. The molecule has 1 aromatic heterocycles. The van der Waals surface area contributed by atoms with Gasteiger partial charge in [-0.25, -0.2) is 9.67 Å². The number of aromatic nitrogens is 3. The number of aryl methyl sites for hydroxylation is 1. The average molecular weight is 399 g/mol. The van der Waals surface area contributed by atoms with Gasteiger partial charge in [0.15, 0.2) is 0 Å². The quantitative estimate of drug-likeness (QED) is 0.557. The summed E-state index contributed by atoms with van der Waals surface area (Å²) in [4.78, 5) is 16.1. The van der Waals surface area contributed by atoms with Gasteiger partial charge in [-0.15, -0.1) is 0 Å². The van der Waals surface area contributed by atoms with E-state index in [0.717, 1.165) is 22.4 Å². The lowest BCUT2D eigenvalue weighted by molar-refractivity contribution is -0.121. The summed E-state index contributed by atoms with van der Waals surface area (Å²) in [6.07, 6.45) is 4.25. The molecule has 3 aromatic rings. The van der Waals surface area contributed by atoms with Gasteiger partial charge < -0.3 is 10.1 Å². The fraction of sp³-hybridized carbons (Fsp3) is 0.286. The molecule has 2 aromatic carbocycles. The molecule has 0 radical (unpaired) electrons. The number of benzene rings is 2. The van der Waals surface area contributed by atoms with Crippen molar-refractivity contribution in [2.45, 2.75) is 32.9 Å². The Morgan fingerprint density at radius 3 is 2.79 bits per heavy atom. The van der Waals surface area contributed by atoms with Crippen molar-refractivity contribution in [3.63, 3.8) is 0 Å². The summed E-state index contributed by atoms with van der Waals surface area (Å²) in [7, 11) is 0. The number of halogens is 1. The summed E-state index contributed by atoms with van der Waals surface area (Å²) in [5, 5.41) is 7.80. The van der Waals surface area contributed by atoms with Crippen LogP contribution in [-0.2, 0) is 17.9 Å². The van der Waals surface area contributed by atoms with E-state index in [-0.39, 0.29) is 5.91 Å². The third kappa shape index (κ3) is 5.82. The zero-order valence-electron chi connectivity index (χ0n) is 15.8. The monoisotopic (exact) mass is 398 g/mol. The molecule has 3 rings (SSSR count). The normalized spacial score (nSPS) is 10.6. The molecule has 0 aliphatic heterocycles. The van der Waals surface area contributed by atoms with Crippen molar-refractivity contribution in [3.05, 3.63) is 76.8 Å². The Labute approximate surface area is 169 Å². The first-order valence-electron chi connectivity index (χ1n) is 9.16. The van der Waals surface area contributed by atoms with Crippen LogP contribution in [0.15, 0.2) is 55.1 Å². The van der Waals surface area contributed by atoms with Crippen molar-refractivity contribution in [2.24, 2.45) is 0 Å². The summed E-state index contributed by atoms with van der Waals surface area (Å²) >= 11 is 5.94. The SMILES string of the molecule is Cc1cc(Cl)ccc1OCCCC(=O)NCc1ccccc1Cn1cncn1. The maximum absolute atomic E-state index is 12.2. The highest BCUT2D eigenvalue weighted by Gasteiger charge is 2.07. The van der Waals surface area contributed by atoms with E-state index in [1.54, 1.807) is 17.1 Å². The van der Waals surface area contributed by atoms with Gasteiger partial charge in [-0.05, 0) is 48.2 Å². The van der Waals surface area contributed by atoms with Gasteiger partial charge in [0, 0.05) is 18.0 Å². The van der Waals surface area contributed by atoms with E-state index in [1.807, 2.05) is 43.3 Å². The maximum atomic E-state index is 12.2. The van der Waals surface area contributed by atoms with Gasteiger partial charge in [0.2, 0.25) is 5.91 Å². The zero-order chi connectivity index (χ0) is 19.8. The van der Waals surface area contributed by atoms with E-state index in [2.05, 4.69) is 15.4 Å². The molecule has 0 aliphatic rings. The Kier molecular flexibility index (Phi) is 7.03. The fourth-order valence-electron chi connectivity index (χ4n) is 2.84. The Balaban J connectivity index is 1.42. The van der Waals surface area contributed by atoms with Gasteiger partial charge >= 0.3 is 0 Å². The van der Waals surface area contributed by atoms with Gasteiger partial charge in [0.05, 0.1) is 13.2 Å². The number of hydrogen-bond donors (Lipinski definition) is 1. The smallest absolute Gasteiger partial charge is 0.220 e. The van der Waals surface area contributed by atoms with E-state index in [1.165, 1.54) is 6.33 Å². The molecule has 0 fully saturated rings. The topological polar surface area (TPSA) is 69.0 Å². The third-order valence-corrected chi connectivity index (χ3v) is 4.57. The van der Waals surface area contributed by atoms with Crippen LogP contribution in [0.25, 0.3) is 0 Å². The summed E-state index contributed by atoms with van der Waals surface area (Å²) in [5.74, 6) is 0.804. The summed E-state index contributed by atoms with van der Waals surface area (Å²) < 4.78 is 7.49. The summed E-state index contributed by atoms with van der Waals surface area (Å²) in [5.41, 5.74) is 3.16. The van der Waals surface area contributed by atoms with Crippen molar-refractivity contribution < 1.29 is 9.53 Å². The minimum Gasteiger partial charge on any atom is -0.493 e. The van der Waals surface area contributed by atoms with Crippen molar-refractivity contribution in [3.8, 4) is 5.75 Å². The number of amides is 1. The van der Waals surface area contributed by atoms with Crippen molar-refractivity contribution in [1.29, 1.82) is 0 Å². The molecule has 0 saturated carbocycles. The fourth-order valence-corrected chi connectivity index (χ4v) is 3.07. The van der Waals surface area contributed by atoms with Crippen LogP contribution in [0.2, 0.25) is 5.02 Å². The second-order valence-corrected chi connectivity index (χ2v) is 6.94. The number of carbonyl (C=O) groups excluding carboxylic acids is 1. The highest BCUT2D eigenvalue weighted by Crippen LogP contribution is 2.21. The Bertz CT molecular complexity index is 913. The van der Waals surface area contributed by atoms with Gasteiger partial charge in [0.25, 0.3) is 0 Å². The van der Waals surface area contributed by atoms with E-state index in [9.17, 15) is 4.79 Å². The van der Waals surface area contributed by atoms with Crippen LogP contribution >= 0.6 is 11.6 Å². The Morgan fingerprint density at radius 1 is 1.21 bits per heavy atom. The van der Waals surface area contributed by atoms with Crippen LogP contribution in [-0.4, -0.2) is 27.3 Å². The lowest BCUT2D eigenvalue weighted by atomic mass is 10.1. The molecule has 146 valence electrons. The van der Waals surface area contributed by atoms with Crippen molar-refractivity contribution in [2.75, 3.05) is 6.61 Å². The number of hydrogen-bond acceptors (Lipinski definition) is 4. The molecule has 1 heterocycles. The third-order valence-electron chi connectivity index (χ3n) is 4.34. The van der Waals surface area contributed by atoms with E-state index < -0.39 is 0 Å². The standard InChI is InChI=1S/C21H23ClN4O2/c1-16-11-19(22)8-9-20(16)28-10-4-7-21(27)24-12-17-5-2-3-6-18(17)13-26-15-23-14-25-26/h2-3,5-6,8-9,11,14-15H,4,7,10,12-13H2,1H3,(H,24,27). The summed E-state index contributed by atoms with van der Waals surface area (Å²) in [6, 6.07) is 13.5. The predicted molar refractivity (Wildman–Crippen MR) is 108 cm³/mol. The highest BCUT2D eigenvalue weighted by molar-refractivity contribution is 6.30. The number of nitrogens with zero attached hydrogens (tertiary/aromatic N) is 3. The van der Waals surface area contributed by atoms with Gasteiger partial charge in [-0.2, -0.15) is 5.10 Å². The first kappa shape index (κ1) is 19.9. The molecular formula is C21H23ClN4O2. The molecule has 28 heavy (non-hydrogen) atoms. The molecule has 0 spiro atoms. The molecule has 7 heteroatoms. The number of rotatable bonds is 9. The molecule has 0 aliphatic carbocycles. The van der Waals surface area contributed by atoms with Crippen LogP contribution in [0.5, 0.6) is 5.75 Å². The molecule has 0 atom stereocenters. The minimum absolute atomic E-state index is 0.00647. The van der Waals surface area contributed by atoms with Crippen LogP contribution in [0.3, 0.4) is 0 Å². The minimum atomic E-state index is 0.00647. The van der Waals surface area contributed by atoms with Crippen LogP contribution in [0.4, 0.5) is 0 Å². The lowest BCUT2D eigenvalue weighted by Gasteiger charge is -2.11. The molecule has 6 nitrogen and oxygen atoms in total. The molecule has 1 N–H and O–H groups in total. The Morgan fingerprint density at radius 2 is 2.04 bits per heavy atom. The second-order valence-electron chi connectivity index (χ2n) is 6.50. The predicted octanol–water partition coefficient (Wildman–Crippen LogP) is 3.76. The van der Waals surface area contributed by atoms with E-state index in [0.29, 0.717) is 37.6 Å². The van der Waals surface area contributed by atoms with Crippen molar-refractivity contribution >= 4 is 17.5 Å². The van der Waals surface area contributed by atoms with Gasteiger partial charge in [-0.1, -0.05) is 35.9 Å². The van der Waals surface area contributed by atoms with Crippen LogP contribution in [0, 0.1) is 6.92 Å². The molecular weight excluding hydrogens is 376 g/mol. The average Bonchev–Trinajstić information content (AvgIpc) is 3.19. The largest absolute Gasteiger partial charge is 0.493 e. The highest BCUT2D eigenvalue weighted by atomic mass is 35.5. The van der Waals surface area contributed by atoms with Gasteiger partial charge in [0.1, 0.15) is 18.4 Å².